The average Bonchev–Trinajstić information content (AvgIpc) is 2.63. The maximum atomic E-state index is 12.6. The van der Waals surface area contributed by atoms with Gasteiger partial charge in [0.15, 0.2) is 0 Å². The smallest absolute Gasteiger partial charge is 0.226 e. The number of carbonyl (C=O) groups excluding carboxylic acids is 1. The molecule has 0 aromatic heterocycles. The fourth-order valence-corrected chi connectivity index (χ4v) is 3.44. The Kier molecular flexibility index (Phi) is 5.21. The van der Waals surface area contributed by atoms with Gasteiger partial charge in [0.25, 0.3) is 0 Å². The zero-order chi connectivity index (χ0) is 16.1. The van der Waals surface area contributed by atoms with Gasteiger partial charge in [0.1, 0.15) is 5.75 Å². The number of anilines is 1. The van der Waals surface area contributed by atoms with Crippen molar-refractivity contribution >= 4 is 11.6 Å². The summed E-state index contributed by atoms with van der Waals surface area (Å²) in [7, 11) is 0. The Morgan fingerprint density at radius 1 is 1.17 bits per heavy atom. The van der Waals surface area contributed by atoms with Crippen molar-refractivity contribution in [2.75, 3.05) is 37.7 Å². The Morgan fingerprint density at radius 2 is 1.96 bits per heavy atom. The van der Waals surface area contributed by atoms with Gasteiger partial charge in [-0.1, -0.05) is 24.3 Å². The topological polar surface area (TPSA) is 32.8 Å². The lowest BCUT2D eigenvalue weighted by Gasteiger charge is -2.38. The number of allylic oxidation sites excluding steroid dienone is 2. The van der Waals surface area contributed by atoms with Gasteiger partial charge in [0.2, 0.25) is 5.91 Å². The molecule has 1 aliphatic carbocycles. The monoisotopic (exact) mass is 314 g/mol. The number of para-hydroxylation sites is 2. The molecule has 1 aromatic carbocycles. The molecule has 0 spiro atoms. The molecule has 1 saturated heterocycles. The first kappa shape index (κ1) is 15.9. The fourth-order valence-electron chi connectivity index (χ4n) is 3.44. The zero-order valence-electron chi connectivity index (χ0n) is 13.9. The van der Waals surface area contributed by atoms with Crippen molar-refractivity contribution in [1.82, 2.24) is 4.90 Å². The van der Waals surface area contributed by atoms with E-state index in [1.807, 2.05) is 30.0 Å². The van der Waals surface area contributed by atoms with Gasteiger partial charge in [-0.25, -0.2) is 0 Å². The van der Waals surface area contributed by atoms with E-state index in [2.05, 4.69) is 23.1 Å². The molecule has 1 amide bonds. The number of carbonyl (C=O) groups is 1. The molecule has 2 aliphatic rings. The van der Waals surface area contributed by atoms with Gasteiger partial charge in [0.05, 0.1) is 12.3 Å². The lowest BCUT2D eigenvalue weighted by molar-refractivity contribution is -0.136. The van der Waals surface area contributed by atoms with Gasteiger partial charge in [-0.3, -0.25) is 4.79 Å². The van der Waals surface area contributed by atoms with Crippen LogP contribution >= 0.6 is 0 Å². The summed E-state index contributed by atoms with van der Waals surface area (Å²) in [6, 6.07) is 8.17. The SMILES string of the molecule is CCOc1ccccc1N1CCN(C(=O)C2CC=CCC2)CC1. The molecule has 4 nitrogen and oxygen atoms in total. The van der Waals surface area contributed by atoms with E-state index in [9.17, 15) is 4.79 Å². The summed E-state index contributed by atoms with van der Waals surface area (Å²) < 4.78 is 5.73. The average molecular weight is 314 g/mol. The van der Waals surface area contributed by atoms with Crippen LogP contribution in [0, 0.1) is 5.92 Å². The van der Waals surface area contributed by atoms with Crippen molar-refractivity contribution in [3.05, 3.63) is 36.4 Å². The summed E-state index contributed by atoms with van der Waals surface area (Å²) >= 11 is 0. The molecule has 23 heavy (non-hydrogen) atoms. The molecule has 1 fully saturated rings. The van der Waals surface area contributed by atoms with Gasteiger partial charge in [0, 0.05) is 32.1 Å². The largest absolute Gasteiger partial charge is 0.492 e. The molecular formula is C19H26N2O2. The predicted molar refractivity (Wildman–Crippen MR) is 92.9 cm³/mol. The summed E-state index contributed by atoms with van der Waals surface area (Å²) in [4.78, 5) is 17.0. The number of benzene rings is 1. The molecule has 1 atom stereocenters. The Hall–Kier alpha value is -1.97. The Bertz CT molecular complexity index is 562. The molecule has 0 bridgehead atoms. The van der Waals surface area contributed by atoms with Crippen LogP contribution in [0.3, 0.4) is 0 Å². The minimum atomic E-state index is 0.197. The van der Waals surface area contributed by atoms with E-state index < -0.39 is 0 Å². The maximum Gasteiger partial charge on any atom is 0.226 e. The first-order chi connectivity index (χ1) is 11.3. The first-order valence-electron chi connectivity index (χ1n) is 8.70. The van der Waals surface area contributed by atoms with Crippen molar-refractivity contribution < 1.29 is 9.53 Å². The van der Waals surface area contributed by atoms with E-state index in [1.165, 1.54) is 0 Å². The second kappa shape index (κ2) is 7.53. The van der Waals surface area contributed by atoms with E-state index in [4.69, 9.17) is 4.74 Å². The minimum Gasteiger partial charge on any atom is -0.492 e. The van der Waals surface area contributed by atoms with Crippen LogP contribution in [0.2, 0.25) is 0 Å². The van der Waals surface area contributed by atoms with Crippen LogP contribution in [0.25, 0.3) is 0 Å². The van der Waals surface area contributed by atoms with Gasteiger partial charge in [-0.05, 0) is 38.3 Å². The van der Waals surface area contributed by atoms with E-state index in [0.29, 0.717) is 12.5 Å². The Labute approximate surface area is 138 Å². The number of piperazine rings is 1. The lowest BCUT2D eigenvalue weighted by Crippen LogP contribution is -2.50. The summed E-state index contributed by atoms with van der Waals surface area (Å²) in [5, 5.41) is 0. The van der Waals surface area contributed by atoms with Crippen LogP contribution in [0.4, 0.5) is 5.69 Å². The van der Waals surface area contributed by atoms with Crippen LogP contribution in [0.5, 0.6) is 5.75 Å². The number of rotatable bonds is 4. The number of amides is 1. The molecule has 0 N–H and O–H groups in total. The highest BCUT2D eigenvalue weighted by Crippen LogP contribution is 2.29. The summed E-state index contributed by atoms with van der Waals surface area (Å²) in [6.07, 6.45) is 7.29. The third-order valence-corrected chi connectivity index (χ3v) is 4.72. The number of nitrogens with zero attached hydrogens (tertiary/aromatic N) is 2. The van der Waals surface area contributed by atoms with Crippen molar-refractivity contribution in [2.45, 2.75) is 26.2 Å². The third-order valence-electron chi connectivity index (χ3n) is 4.72. The minimum absolute atomic E-state index is 0.197. The molecule has 3 rings (SSSR count). The number of hydrogen-bond donors (Lipinski definition) is 0. The van der Waals surface area contributed by atoms with Crippen molar-refractivity contribution in [3.8, 4) is 5.75 Å². The standard InChI is InChI=1S/C19H26N2O2/c1-2-23-18-11-7-6-10-17(18)20-12-14-21(15-13-20)19(22)16-8-4-3-5-9-16/h3-4,6-7,10-11,16H,2,5,8-9,12-15H2,1H3. The molecule has 4 heteroatoms. The van der Waals surface area contributed by atoms with E-state index in [-0.39, 0.29) is 5.92 Å². The highest BCUT2D eigenvalue weighted by Gasteiger charge is 2.28. The molecule has 1 heterocycles. The molecule has 1 aromatic rings. The number of ether oxygens (including phenoxy) is 1. The van der Waals surface area contributed by atoms with Crippen LogP contribution in [0.15, 0.2) is 36.4 Å². The highest BCUT2D eigenvalue weighted by atomic mass is 16.5. The van der Waals surface area contributed by atoms with Crippen LogP contribution in [-0.2, 0) is 4.79 Å². The lowest BCUT2D eigenvalue weighted by atomic mass is 9.93. The van der Waals surface area contributed by atoms with E-state index in [1.54, 1.807) is 0 Å². The van der Waals surface area contributed by atoms with E-state index in [0.717, 1.165) is 56.9 Å². The van der Waals surface area contributed by atoms with Crippen LogP contribution < -0.4 is 9.64 Å². The van der Waals surface area contributed by atoms with Crippen LogP contribution in [-0.4, -0.2) is 43.6 Å². The summed E-state index contributed by atoms with van der Waals surface area (Å²) in [6.45, 7) is 6.03. The Balaban J connectivity index is 1.60. The summed E-state index contributed by atoms with van der Waals surface area (Å²) in [5.41, 5.74) is 1.14. The second-order valence-electron chi connectivity index (χ2n) is 6.19. The fraction of sp³-hybridized carbons (Fsp3) is 0.526. The van der Waals surface area contributed by atoms with Crippen molar-refractivity contribution in [2.24, 2.45) is 5.92 Å². The summed E-state index contributed by atoms with van der Waals surface area (Å²) in [5.74, 6) is 1.47. The quantitative estimate of drug-likeness (QED) is 0.801. The van der Waals surface area contributed by atoms with Gasteiger partial charge in [-0.15, -0.1) is 0 Å². The van der Waals surface area contributed by atoms with Gasteiger partial charge in [-0.2, -0.15) is 0 Å². The zero-order valence-corrected chi connectivity index (χ0v) is 13.9. The van der Waals surface area contributed by atoms with Crippen LogP contribution in [0.1, 0.15) is 26.2 Å². The third kappa shape index (κ3) is 3.69. The van der Waals surface area contributed by atoms with Gasteiger partial charge < -0.3 is 14.5 Å². The van der Waals surface area contributed by atoms with E-state index >= 15 is 0 Å². The molecular weight excluding hydrogens is 288 g/mol. The van der Waals surface area contributed by atoms with Gasteiger partial charge >= 0.3 is 0 Å². The molecule has 1 unspecified atom stereocenters. The first-order valence-corrected chi connectivity index (χ1v) is 8.70. The Morgan fingerprint density at radius 3 is 2.65 bits per heavy atom. The molecule has 0 radical (unpaired) electrons. The maximum absolute atomic E-state index is 12.6. The normalized spacial score (nSPS) is 21.3. The molecule has 124 valence electrons. The highest BCUT2D eigenvalue weighted by molar-refractivity contribution is 5.79. The molecule has 1 aliphatic heterocycles. The predicted octanol–water partition coefficient (Wildman–Crippen LogP) is 3.09. The number of hydrogen-bond acceptors (Lipinski definition) is 3. The van der Waals surface area contributed by atoms with Crippen molar-refractivity contribution in [3.63, 3.8) is 0 Å². The van der Waals surface area contributed by atoms with Crippen molar-refractivity contribution in [1.29, 1.82) is 0 Å². The molecule has 0 saturated carbocycles. The second-order valence-corrected chi connectivity index (χ2v) is 6.19.